The van der Waals surface area contributed by atoms with Crippen molar-refractivity contribution in [3.8, 4) is 5.69 Å². The molecule has 0 atom stereocenters. The van der Waals surface area contributed by atoms with Gasteiger partial charge in [-0.15, -0.1) is 11.3 Å². The van der Waals surface area contributed by atoms with Crippen molar-refractivity contribution < 1.29 is 19.2 Å². The normalized spacial score (nSPS) is 10.7. The Bertz CT molecular complexity index is 1440. The lowest BCUT2D eigenvalue weighted by Crippen LogP contribution is -2.25. The average molecular weight is 478 g/mol. The van der Waals surface area contributed by atoms with Crippen molar-refractivity contribution in [1.29, 1.82) is 0 Å². The zero-order valence-corrected chi connectivity index (χ0v) is 18.7. The van der Waals surface area contributed by atoms with Crippen molar-refractivity contribution in [3.63, 3.8) is 0 Å². The van der Waals surface area contributed by atoms with Gasteiger partial charge in [-0.2, -0.15) is 9.78 Å². The molecule has 172 valence electrons. The number of nitro groups is 1. The van der Waals surface area contributed by atoms with Crippen LogP contribution in [0.2, 0.25) is 0 Å². The third kappa shape index (κ3) is 4.55. The minimum atomic E-state index is -0.682. The Morgan fingerprint density at radius 3 is 2.50 bits per heavy atom. The molecule has 1 amide bonds. The maximum Gasteiger partial charge on any atom is 0.359 e. The van der Waals surface area contributed by atoms with Gasteiger partial charge in [-0.05, 0) is 24.6 Å². The number of nitrogens with zero attached hydrogens (tertiary/aromatic N) is 3. The predicted molar refractivity (Wildman–Crippen MR) is 127 cm³/mol. The fourth-order valence-electron chi connectivity index (χ4n) is 3.33. The molecule has 2 aromatic carbocycles. The number of hydrogen-bond donors (Lipinski definition) is 1. The lowest BCUT2D eigenvalue weighted by molar-refractivity contribution is -0.384. The van der Waals surface area contributed by atoms with Crippen LogP contribution in [0.25, 0.3) is 16.5 Å². The van der Waals surface area contributed by atoms with Crippen molar-refractivity contribution in [2.45, 2.75) is 13.3 Å². The molecule has 2 heterocycles. The predicted octanol–water partition coefficient (Wildman–Crippen LogP) is 3.71. The van der Waals surface area contributed by atoms with E-state index in [-0.39, 0.29) is 40.2 Å². The SMILES string of the molecule is CCOC(=O)c1nn(-c2ccccc2)c(=O)c2c(NC(=O)Cc3ccc([N+](=O)[O-])cc3)scc12. The third-order valence-electron chi connectivity index (χ3n) is 4.89. The molecule has 0 saturated carbocycles. The number of ether oxygens (including phenoxy) is 1. The number of carbonyl (C=O) groups is 2. The molecule has 0 radical (unpaired) electrons. The summed E-state index contributed by atoms with van der Waals surface area (Å²) in [6, 6.07) is 14.2. The van der Waals surface area contributed by atoms with E-state index in [1.165, 1.54) is 24.3 Å². The van der Waals surface area contributed by atoms with E-state index in [0.29, 0.717) is 11.3 Å². The van der Waals surface area contributed by atoms with E-state index in [4.69, 9.17) is 4.74 Å². The average Bonchev–Trinajstić information content (AvgIpc) is 3.24. The van der Waals surface area contributed by atoms with Gasteiger partial charge in [-0.3, -0.25) is 19.7 Å². The van der Waals surface area contributed by atoms with Crippen molar-refractivity contribution in [2.75, 3.05) is 11.9 Å². The maximum atomic E-state index is 13.3. The number of nitrogens with one attached hydrogen (secondary N) is 1. The van der Waals surface area contributed by atoms with Gasteiger partial charge in [-0.1, -0.05) is 30.3 Å². The van der Waals surface area contributed by atoms with E-state index in [1.807, 2.05) is 0 Å². The van der Waals surface area contributed by atoms with Crippen LogP contribution in [-0.4, -0.2) is 33.2 Å². The molecule has 0 aliphatic heterocycles. The molecule has 0 unspecified atom stereocenters. The van der Waals surface area contributed by atoms with Crippen LogP contribution in [0.4, 0.5) is 10.7 Å². The smallest absolute Gasteiger partial charge is 0.359 e. The van der Waals surface area contributed by atoms with Crippen LogP contribution >= 0.6 is 11.3 Å². The first-order valence-corrected chi connectivity index (χ1v) is 11.1. The highest BCUT2D eigenvalue weighted by Gasteiger charge is 2.23. The first kappa shape index (κ1) is 22.8. The van der Waals surface area contributed by atoms with Crippen molar-refractivity contribution in [1.82, 2.24) is 9.78 Å². The number of fused-ring (bicyclic) bond motifs is 1. The zero-order valence-electron chi connectivity index (χ0n) is 17.9. The summed E-state index contributed by atoms with van der Waals surface area (Å²) in [5.74, 6) is -1.10. The molecule has 1 N–H and O–H groups in total. The lowest BCUT2D eigenvalue weighted by Gasteiger charge is -2.10. The highest BCUT2D eigenvalue weighted by Crippen LogP contribution is 2.31. The monoisotopic (exact) mass is 478 g/mol. The molecule has 11 heteroatoms. The van der Waals surface area contributed by atoms with Crippen LogP contribution in [0.1, 0.15) is 23.0 Å². The molecule has 4 aromatic rings. The number of carbonyl (C=O) groups excluding carboxylic acids is 2. The second-order valence-corrected chi connectivity index (χ2v) is 8.00. The van der Waals surface area contributed by atoms with Gasteiger partial charge >= 0.3 is 5.97 Å². The van der Waals surface area contributed by atoms with Gasteiger partial charge in [0.1, 0.15) is 5.00 Å². The third-order valence-corrected chi connectivity index (χ3v) is 5.78. The van der Waals surface area contributed by atoms with Gasteiger partial charge in [0.25, 0.3) is 11.2 Å². The van der Waals surface area contributed by atoms with Crippen molar-refractivity contribution in [3.05, 3.63) is 91.7 Å². The van der Waals surface area contributed by atoms with Crippen LogP contribution in [0.15, 0.2) is 64.8 Å². The fraction of sp³-hybridized carbons (Fsp3) is 0.130. The Morgan fingerprint density at radius 1 is 1.15 bits per heavy atom. The van der Waals surface area contributed by atoms with Crippen LogP contribution in [0.3, 0.4) is 0 Å². The number of esters is 1. The summed E-state index contributed by atoms with van der Waals surface area (Å²) in [4.78, 5) is 48.9. The van der Waals surface area contributed by atoms with Crippen LogP contribution < -0.4 is 10.9 Å². The Kier molecular flexibility index (Phi) is 6.46. The molecule has 0 saturated heterocycles. The number of thiophene rings is 1. The summed E-state index contributed by atoms with van der Waals surface area (Å²) >= 11 is 1.09. The molecule has 2 aromatic heterocycles. The first-order chi connectivity index (χ1) is 16.4. The van der Waals surface area contributed by atoms with Crippen LogP contribution in [-0.2, 0) is 16.0 Å². The number of benzene rings is 2. The molecule has 0 spiro atoms. The summed E-state index contributed by atoms with van der Waals surface area (Å²) in [5, 5.41) is 20.0. The summed E-state index contributed by atoms with van der Waals surface area (Å²) in [7, 11) is 0. The summed E-state index contributed by atoms with van der Waals surface area (Å²) < 4.78 is 6.22. The number of aromatic nitrogens is 2. The molecule has 0 fully saturated rings. The largest absolute Gasteiger partial charge is 0.461 e. The van der Waals surface area contributed by atoms with Gasteiger partial charge < -0.3 is 10.1 Å². The zero-order chi connectivity index (χ0) is 24.2. The molecular weight excluding hydrogens is 460 g/mol. The summed E-state index contributed by atoms with van der Waals surface area (Å²) in [6.07, 6.45) is -0.0555. The lowest BCUT2D eigenvalue weighted by atomic mass is 10.1. The van der Waals surface area contributed by atoms with E-state index < -0.39 is 22.4 Å². The van der Waals surface area contributed by atoms with Crippen molar-refractivity contribution >= 4 is 44.7 Å². The maximum absolute atomic E-state index is 13.3. The molecule has 0 bridgehead atoms. The molecule has 4 rings (SSSR count). The van der Waals surface area contributed by atoms with E-state index >= 15 is 0 Å². The number of nitro benzene ring substituents is 1. The fourth-order valence-corrected chi connectivity index (χ4v) is 4.28. The number of non-ortho nitro benzene ring substituents is 1. The van der Waals surface area contributed by atoms with Gasteiger partial charge in [0.05, 0.1) is 29.0 Å². The molecule has 34 heavy (non-hydrogen) atoms. The van der Waals surface area contributed by atoms with E-state index in [1.54, 1.807) is 42.6 Å². The van der Waals surface area contributed by atoms with Gasteiger partial charge in [0, 0.05) is 22.9 Å². The molecule has 10 nitrogen and oxygen atoms in total. The molecule has 0 aliphatic rings. The number of para-hydroxylation sites is 1. The topological polar surface area (TPSA) is 133 Å². The Balaban J connectivity index is 1.72. The molecule has 0 aliphatic carbocycles. The van der Waals surface area contributed by atoms with Gasteiger partial charge in [0.2, 0.25) is 5.91 Å². The molecular formula is C23H18N4O6S. The Labute approximate surface area is 196 Å². The highest BCUT2D eigenvalue weighted by molar-refractivity contribution is 7.16. The second-order valence-electron chi connectivity index (χ2n) is 7.12. The summed E-state index contributed by atoms with van der Waals surface area (Å²) in [5.41, 5.74) is 0.413. The minimum Gasteiger partial charge on any atom is -0.461 e. The number of amides is 1. The highest BCUT2D eigenvalue weighted by atomic mass is 32.1. The van der Waals surface area contributed by atoms with Crippen LogP contribution in [0.5, 0.6) is 0 Å². The number of anilines is 1. The van der Waals surface area contributed by atoms with Gasteiger partial charge in [0.15, 0.2) is 5.69 Å². The van der Waals surface area contributed by atoms with E-state index in [0.717, 1.165) is 16.0 Å². The standard InChI is InChI=1S/C23H18N4O6S/c1-2-33-23(30)20-17-13-34-21(19(17)22(29)26(25-20)15-6-4-3-5-7-15)24-18(28)12-14-8-10-16(11-9-14)27(31)32/h3-11,13H,2,12H2,1H3,(H,24,28). The quantitative estimate of drug-likeness (QED) is 0.243. The number of hydrogen-bond acceptors (Lipinski definition) is 8. The minimum absolute atomic E-state index is 0.0348. The Morgan fingerprint density at radius 2 is 1.85 bits per heavy atom. The van der Waals surface area contributed by atoms with Crippen molar-refractivity contribution in [2.24, 2.45) is 0 Å². The van der Waals surface area contributed by atoms with E-state index in [9.17, 15) is 24.5 Å². The van der Waals surface area contributed by atoms with E-state index in [2.05, 4.69) is 10.4 Å². The van der Waals surface area contributed by atoms with Gasteiger partial charge in [-0.25, -0.2) is 4.79 Å². The number of rotatable bonds is 7. The van der Waals surface area contributed by atoms with Crippen LogP contribution in [0, 0.1) is 10.1 Å². The first-order valence-electron chi connectivity index (χ1n) is 10.2. The summed E-state index contributed by atoms with van der Waals surface area (Å²) in [6.45, 7) is 1.80. The Hall–Kier alpha value is -4.38. The second kappa shape index (κ2) is 9.63.